The molecule has 3 aromatic carbocycles. The fourth-order valence-electron chi connectivity index (χ4n) is 4.50. The molecule has 2 heterocycles. The summed E-state index contributed by atoms with van der Waals surface area (Å²) < 4.78 is 13.9. The molecule has 0 aliphatic carbocycles. The van der Waals surface area contributed by atoms with Crippen molar-refractivity contribution in [2.45, 2.75) is 32.1 Å². The molecule has 1 aromatic heterocycles. The Kier molecular flexibility index (Phi) is 7.81. The summed E-state index contributed by atoms with van der Waals surface area (Å²) in [5, 5.41) is 3.35. The van der Waals surface area contributed by atoms with Gasteiger partial charge in [-0.3, -0.25) is 4.57 Å². The number of piperidine rings is 1. The maximum atomic E-state index is 13.1. The van der Waals surface area contributed by atoms with Crippen LogP contribution in [0.3, 0.4) is 0 Å². The quantitative estimate of drug-likeness (QED) is 0.356. The van der Waals surface area contributed by atoms with Gasteiger partial charge in [0.25, 0.3) is 0 Å². The van der Waals surface area contributed by atoms with E-state index < -0.39 is 0 Å². The minimum absolute atomic E-state index is 0.0831. The van der Waals surface area contributed by atoms with E-state index in [0.717, 1.165) is 42.6 Å². The van der Waals surface area contributed by atoms with Crippen LogP contribution in [0, 0.1) is 0 Å². The molecule has 1 fully saturated rings. The normalized spacial score (nSPS) is 13.8. The first-order valence-electron chi connectivity index (χ1n) is 12.7. The van der Waals surface area contributed by atoms with Crippen LogP contribution in [0.1, 0.15) is 24.0 Å². The summed E-state index contributed by atoms with van der Waals surface area (Å²) >= 11 is 0. The Morgan fingerprint density at radius 1 is 0.946 bits per heavy atom. The third kappa shape index (κ3) is 6.19. The maximum absolute atomic E-state index is 13.1. The second-order valence-electron chi connectivity index (χ2n) is 9.25. The zero-order valence-corrected chi connectivity index (χ0v) is 21.0. The van der Waals surface area contributed by atoms with Crippen LogP contribution < -0.4 is 14.8 Å². The monoisotopic (exact) mass is 496 g/mol. The zero-order valence-electron chi connectivity index (χ0n) is 21.0. The molecule has 4 aromatic rings. The van der Waals surface area contributed by atoms with Crippen molar-refractivity contribution in [3.8, 4) is 22.8 Å². The van der Waals surface area contributed by atoms with Crippen molar-refractivity contribution < 1.29 is 14.3 Å². The average molecular weight is 497 g/mol. The highest BCUT2D eigenvalue weighted by atomic mass is 16.5. The number of benzene rings is 3. The number of nitrogens with zero attached hydrogens (tertiary/aromatic N) is 3. The molecule has 0 unspecified atom stereocenters. The molecule has 0 radical (unpaired) electrons. The van der Waals surface area contributed by atoms with E-state index in [2.05, 4.69) is 10.3 Å². The van der Waals surface area contributed by atoms with Gasteiger partial charge in [-0.05, 0) is 49.2 Å². The predicted octanol–water partition coefficient (Wildman–Crippen LogP) is 5.36. The van der Waals surface area contributed by atoms with Crippen LogP contribution in [0.25, 0.3) is 11.3 Å². The van der Waals surface area contributed by atoms with Crippen LogP contribution >= 0.6 is 0 Å². The van der Waals surface area contributed by atoms with Gasteiger partial charge in [0.2, 0.25) is 0 Å². The topological polar surface area (TPSA) is 68.6 Å². The van der Waals surface area contributed by atoms with Gasteiger partial charge in [-0.15, -0.1) is 0 Å². The first-order valence-corrected chi connectivity index (χ1v) is 12.7. The SMILES string of the molecule is CN(C(=O)n1cnc(-c2ccc(OCc3ccccc3)cc2OCc2ccccc2)c1)C1CCNCC1. The molecule has 7 heteroatoms. The van der Waals surface area contributed by atoms with Crippen molar-refractivity contribution in [2.75, 3.05) is 20.1 Å². The first-order chi connectivity index (χ1) is 18.2. The molecule has 37 heavy (non-hydrogen) atoms. The van der Waals surface area contributed by atoms with E-state index in [1.54, 1.807) is 17.1 Å². The van der Waals surface area contributed by atoms with E-state index in [-0.39, 0.29) is 12.1 Å². The lowest BCUT2D eigenvalue weighted by molar-refractivity contribution is 0.178. The first kappa shape index (κ1) is 24.6. The number of hydrogen-bond donors (Lipinski definition) is 1. The highest BCUT2D eigenvalue weighted by Gasteiger charge is 2.23. The van der Waals surface area contributed by atoms with E-state index in [0.29, 0.717) is 30.4 Å². The van der Waals surface area contributed by atoms with Crippen LogP contribution in [0.4, 0.5) is 4.79 Å². The van der Waals surface area contributed by atoms with Gasteiger partial charge in [0.1, 0.15) is 31.0 Å². The van der Waals surface area contributed by atoms with Crippen LogP contribution in [0.15, 0.2) is 91.4 Å². The van der Waals surface area contributed by atoms with Crippen molar-refractivity contribution in [1.82, 2.24) is 19.8 Å². The number of carbonyl (C=O) groups excluding carboxylic acids is 1. The molecule has 190 valence electrons. The minimum Gasteiger partial charge on any atom is -0.489 e. The number of amides is 1. The second kappa shape index (κ2) is 11.8. The lowest BCUT2D eigenvalue weighted by Gasteiger charge is -2.31. The molecule has 0 spiro atoms. The fourth-order valence-corrected chi connectivity index (χ4v) is 4.50. The summed E-state index contributed by atoms with van der Waals surface area (Å²) in [6, 6.07) is 26.0. The maximum Gasteiger partial charge on any atom is 0.329 e. The molecular weight excluding hydrogens is 464 g/mol. The van der Waals surface area contributed by atoms with Crippen molar-refractivity contribution in [3.63, 3.8) is 0 Å². The Bertz CT molecular complexity index is 1300. The number of ether oxygens (including phenoxy) is 2. The molecule has 0 atom stereocenters. The summed E-state index contributed by atoms with van der Waals surface area (Å²) in [6.07, 6.45) is 5.25. The number of hydrogen-bond acceptors (Lipinski definition) is 5. The van der Waals surface area contributed by atoms with Crippen molar-refractivity contribution in [2.24, 2.45) is 0 Å². The summed E-state index contributed by atoms with van der Waals surface area (Å²) in [6.45, 7) is 2.73. The van der Waals surface area contributed by atoms with Gasteiger partial charge in [0.15, 0.2) is 0 Å². The van der Waals surface area contributed by atoms with Gasteiger partial charge in [-0.2, -0.15) is 0 Å². The van der Waals surface area contributed by atoms with Gasteiger partial charge in [-0.1, -0.05) is 60.7 Å². The lowest BCUT2D eigenvalue weighted by Crippen LogP contribution is -2.45. The standard InChI is InChI=1S/C30H32N4O3/c1-33(25-14-16-31-17-15-25)30(35)34-19-28(32-22-34)27-13-12-26(36-20-23-8-4-2-5-9-23)18-29(27)37-21-24-10-6-3-7-11-24/h2-13,18-19,22,25,31H,14-17,20-21H2,1H3. The fraction of sp³-hybridized carbons (Fsp3) is 0.267. The Balaban J connectivity index is 1.36. The highest BCUT2D eigenvalue weighted by Crippen LogP contribution is 2.33. The summed E-state index contributed by atoms with van der Waals surface area (Å²) in [5.41, 5.74) is 3.63. The van der Waals surface area contributed by atoms with E-state index in [4.69, 9.17) is 9.47 Å². The Labute approximate surface area is 217 Å². The van der Waals surface area contributed by atoms with Crippen LogP contribution in [0.2, 0.25) is 0 Å². The zero-order chi connectivity index (χ0) is 25.5. The number of carbonyl (C=O) groups is 1. The van der Waals surface area contributed by atoms with Gasteiger partial charge in [0, 0.05) is 30.9 Å². The van der Waals surface area contributed by atoms with Crippen LogP contribution in [-0.2, 0) is 13.2 Å². The summed E-state index contributed by atoms with van der Waals surface area (Å²) in [7, 11) is 1.87. The summed E-state index contributed by atoms with van der Waals surface area (Å²) in [4.78, 5) is 19.5. The number of aromatic nitrogens is 2. The van der Waals surface area contributed by atoms with Crippen LogP contribution in [-0.4, -0.2) is 46.7 Å². The highest BCUT2D eigenvalue weighted by molar-refractivity contribution is 5.79. The van der Waals surface area contributed by atoms with Gasteiger partial charge in [0.05, 0.1) is 5.69 Å². The second-order valence-corrected chi connectivity index (χ2v) is 9.25. The number of rotatable bonds is 8. The van der Waals surface area contributed by atoms with Gasteiger partial charge < -0.3 is 19.7 Å². The van der Waals surface area contributed by atoms with Crippen molar-refractivity contribution in [3.05, 3.63) is 103 Å². The van der Waals surface area contributed by atoms with E-state index in [1.165, 1.54) is 0 Å². The lowest BCUT2D eigenvalue weighted by atomic mass is 10.1. The molecular formula is C30H32N4O3. The minimum atomic E-state index is -0.0831. The molecule has 1 amide bonds. The van der Waals surface area contributed by atoms with Crippen molar-refractivity contribution >= 4 is 6.03 Å². The third-order valence-electron chi connectivity index (χ3n) is 6.68. The van der Waals surface area contributed by atoms with Gasteiger partial charge in [-0.25, -0.2) is 9.78 Å². The average Bonchev–Trinajstić information content (AvgIpc) is 3.46. The molecule has 0 saturated carbocycles. The Hall–Kier alpha value is -4.10. The number of nitrogens with one attached hydrogen (secondary N) is 1. The molecule has 0 bridgehead atoms. The van der Waals surface area contributed by atoms with Crippen molar-refractivity contribution in [1.29, 1.82) is 0 Å². The summed E-state index contributed by atoms with van der Waals surface area (Å²) in [5.74, 6) is 1.36. The third-order valence-corrected chi connectivity index (χ3v) is 6.68. The van der Waals surface area contributed by atoms with E-state index in [1.807, 2.05) is 90.8 Å². The van der Waals surface area contributed by atoms with Crippen LogP contribution in [0.5, 0.6) is 11.5 Å². The Morgan fingerprint density at radius 3 is 2.27 bits per heavy atom. The number of imidazole rings is 1. The van der Waals surface area contributed by atoms with E-state index in [9.17, 15) is 4.79 Å². The molecule has 5 rings (SSSR count). The molecule has 1 N–H and O–H groups in total. The smallest absolute Gasteiger partial charge is 0.329 e. The largest absolute Gasteiger partial charge is 0.489 e. The van der Waals surface area contributed by atoms with Gasteiger partial charge >= 0.3 is 6.03 Å². The van der Waals surface area contributed by atoms with E-state index >= 15 is 0 Å². The predicted molar refractivity (Wildman–Crippen MR) is 144 cm³/mol. The molecule has 1 saturated heterocycles. The molecule has 7 nitrogen and oxygen atoms in total. The Morgan fingerprint density at radius 2 is 1.59 bits per heavy atom. The molecule has 1 aliphatic heterocycles. The molecule has 1 aliphatic rings.